The Morgan fingerprint density at radius 1 is 1.13 bits per heavy atom. The maximum absolute atomic E-state index is 13.1. The summed E-state index contributed by atoms with van der Waals surface area (Å²) in [4.78, 5) is 28.2. The topological polar surface area (TPSA) is 106 Å². The summed E-state index contributed by atoms with van der Waals surface area (Å²) in [5.74, 6) is 0.642. The molecule has 1 aliphatic heterocycles. The van der Waals surface area contributed by atoms with Gasteiger partial charge in [-0.05, 0) is 81.0 Å². The van der Waals surface area contributed by atoms with Gasteiger partial charge in [-0.25, -0.2) is 4.79 Å². The number of piperidine rings is 1. The molecule has 200 valence electrons. The van der Waals surface area contributed by atoms with Crippen molar-refractivity contribution in [3.05, 3.63) is 53.6 Å². The van der Waals surface area contributed by atoms with Crippen molar-refractivity contribution in [1.29, 1.82) is 10.5 Å². The zero-order chi connectivity index (χ0) is 27.7. The zero-order valence-electron chi connectivity index (χ0n) is 22.6. The highest BCUT2D eigenvalue weighted by Crippen LogP contribution is 2.29. The Balaban J connectivity index is 1.66. The molecular formula is C30H36N4O3S. The van der Waals surface area contributed by atoms with E-state index >= 15 is 0 Å². The highest BCUT2D eigenvalue weighted by Gasteiger charge is 2.35. The first-order valence-electron chi connectivity index (χ1n) is 13.1. The van der Waals surface area contributed by atoms with Gasteiger partial charge in [-0.1, -0.05) is 37.3 Å². The van der Waals surface area contributed by atoms with Crippen molar-refractivity contribution in [2.45, 2.75) is 82.4 Å². The van der Waals surface area contributed by atoms with E-state index in [-0.39, 0.29) is 5.91 Å². The molecule has 2 aromatic carbocycles. The minimum absolute atomic E-state index is 0.330. The van der Waals surface area contributed by atoms with Gasteiger partial charge in [0.2, 0.25) is 5.91 Å². The van der Waals surface area contributed by atoms with Crippen molar-refractivity contribution in [3.63, 3.8) is 0 Å². The molecule has 0 aromatic heterocycles. The fourth-order valence-electron chi connectivity index (χ4n) is 4.34. The average Bonchev–Trinajstić information content (AvgIpc) is 2.90. The van der Waals surface area contributed by atoms with E-state index in [1.807, 2.05) is 42.5 Å². The van der Waals surface area contributed by atoms with Gasteiger partial charge < -0.3 is 10.1 Å². The molecule has 8 heteroatoms. The van der Waals surface area contributed by atoms with E-state index in [1.54, 1.807) is 32.5 Å². The average molecular weight is 533 g/mol. The summed E-state index contributed by atoms with van der Waals surface area (Å²) in [6.07, 6.45) is 3.08. The molecule has 0 spiro atoms. The van der Waals surface area contributed by atoms with Crippen LogP contribution in [0.25, 0.3) is 11.1 Å². The van der Waals surface area contributed by atoms with E-state index in [4.69, 9.17) is 4.74 Å². The molecule has 0 bridgehead atoms. The molecule has 38 heavy (non-hydrogen) atoms. The lowest BCUT2D eigenvalue weighted by Crippen LogP contribution is -2.54. The Hall–Kier alpha value is -3.49. The van der Waals surface area contributed by atoms with E-state index in [2.05, 4.69) is 24.4 Å². The third-order valence-electron chi connectivity index (χ3n) is 6.19. The monoisotopic (exact) mass is 532 g/mol. The number of carbonyl (C=O) groups excluding carboxylic acids is 2. The highest BCUT2D eigenvalue weighted by molar-refractivity contribution is 7.99. The van der Waals surface area contributed by atoms with Crippen molar-refractivity contribution in [2.75, 3.05) is 12.3 Å². The van der Waals surface area contributed by atoms with Gasteiger partial charge in [-0.3, -0.25) is 9.69 Å². The number of benzene rings is 2. The highest BCUT2D eigenvalue weighted by atomic mass is 32.2. The number of ether oxygens (including phenoxy) is 1. The van der Waals surface area contributed by atoms with Gasteiger partial charge in [0, 0.05) is 17.9 Å². The minimum atomic E-state index is -0.726. The zero-order valence-corrected chi connectivity index (χ0v) is 23.4. The molecule has 1 aliphatic rings. The van der Waals surface area contributed by atoms with E-state index in [9.17, 15) is 20.1 Å². The second-order valence-corrected chi connectivity index (χ2v) is 11.6. The molecule has 0 radical (unpaired) electrons. The standard InChI is InChI=1S/C30H36N4O3S/c1-5-16-38-27-14-13-23(18-24(27)19-31)22-11-9-21(10-12-22)17-25(20-32)33-28(35)26-8-6-7-15-34(26)29(36)37-30(2,3)4/h9-14,18,25-26H,5-8,15-17H2,1-4H3,(H,33,35)/t25-,26?/m0/s1. The number of carbonyl (C=O) groups is 2. The van der Waals surface area contributed by atoms with Crippen LogP contribution in [0.15, 0.2) is 47.4 Å². The van der Waals surface area contributed by atoms with Crippen molar-refractivity contribution in [2.24, 2.45) is 0 Å². The van der Waals surface area contributed by atoms with E-state index in [1.165, 1.54) is 4.90 Å². The van der Waals surface area contributed by atoms with Crippen LogP contribution < -0.4 is 5.32 Å². The summed E-state index contributed by atoms with van der Waals surface area (Å²) in [6, 6.07) is 16.8. The number of nitrogens with one attached hydrogen (secondary N) is 1. The second kappa shape index (κ2) is 13.3. The van der Waals surface area contributed by atoms with Gasteiger partial charge in [0.25, 0.3) is 0 Å². The quantitative estimate of drug-likeness (QED) is 0.414. The summed E-state index contributed by atoms with van der Waals surface area (Å²) in [5, 5.41) is 22.1. The Kier molecular flexibility index (Phi) is 10.2. The van der Waals surface area contributed by atoms with E-state index in [0.717, 1.165) is 46.6 Å². The summed E-state index contributed by atoms with van der Waals surface area (Å²) in [5.41, 5.74) is 2.86. The molecule has 2 atom stereocenters. The van der Waals surface area contributed by atoms with Gasteiger partial charge in [0.15, 0.2) is 0 Å². The number of hydrogen-bond acceptors (Lipinski definition) is 6. The number of amides is 2. The van der Waals surface area contributed by atoms with Crippen LogP contribution in [0.2, 0.25) is 0 Å². The molecule has 1 saturated heterocycles. The maximum atomic E-state index is 13.1. The van der Waals surface area contributed by atoms with Crippen molar-refractivity contribution in [3.8, 4) is 23.3 Å². The van der Waals surface area contributed by atoms with Crippen molar-refractivity contribution < 1.29 is 14.3 Å². The Morgan fingerprint density at radius 2 is 1.84 bits per heavy atom. The molecule has 3 rings (SSSR count). The van der Waals surface area contributed by atoms with E-state index < -0.39 is 23.8 Å². The van der Waals surface area contributed by atoms with Crippen molar-refractivity contribution in [1.82, 2.24) is 10.2 Å². The van der Waals surface area contributed by atoms with Gasteiger partial charge >= 0.3 is 6.09 Å². The molecule has 7 nitrogen and oxygen atoms in total. The lowest BCUT2D eigenvalue weighted by Gasteiger charge is -2.36. The number of likely N-dealkylation sites (tertiary alicyclic amines) is 1. The normalized spacial score (nSPS) is 16.2. The number of nitriles is 2. The molecule has 1 fully saturated rings. The van der Waals surface area contributed by atoms with E-state index in [0.29, 0.717) is 24.9 Å². The lowest BCUT2D eigenvalue weighted by molar-refractivity contribution is -0.128. The molecule has 1 N–H and O–H groups in total. The van der Waals surface area contributed by atoms with Crippen molar-refractivity contribution >= 4 is 23.8 Å². The second-order valence-electron chi connectivity index (χ2n) is 10.4. The molecule has 0 aliphatic carbocycles. The van der Waals surface area contributed by atoms with Crippen LogP contribution in [0, 0.1) is 22.7 Å². The predicted molar refractivity (Wildman–Crippen MR) is 149 cm³/mol. The summed E-state index contributed by atoms with van der Waals surface area (Å²) >= 11 is 1.69. The summed E-state index contributed by atoms with van der Waals surface area (Å²) in [6.45, 7) is 7.96. The number of rotatable bonds is 8. The SMILES string of the molecule is CCCSc1ccc(-c2ccc(C[C@@H](C#N)NC(=O)C3CCCCN3C(=O)OC(C)(C)C)cc2)cc1C#N. The van der Waals surface area contributed by atoms with Crippen LogP contribution in [-0.4, -0.2) is 46.9 Å². The Morgan fingerprint density at radius 3 is 2.47 bits per heavy atom. The van der Waals surface area contributed by atoms with Gasteiger partial charge in [0.1, 0.15) is 23.8 Å². The molecule has 2 aromatic rings. The summed E-state index contributed by atoms with van der Waals surface area (Å²) in [7, 11) is 0. The number of nitrogens with zero attached hydrogens (tertiary/aromatic N) is 3. The van der Waals surface area contributed by atoms with Gasteiger partial charge in [-0.15, -0.1) is 11.8 Å². The van der Waals surface area contributed by atoms with Crippen LogP contribution in [0.5, 0.6) is 0 Å². The third kappa shape index (κ3) is 8.00. The molecule has 1 heterocycles. The fourth-order valence-corrected chi connectivity index (χ4v) is 5.19. The van der Waals surface area contributed by atoms with Gasteiger partial charge in [0.05, 0.1) is 11.6 Å². The first-order valence-corrected chi connectivity index (χ1v) is 14.1. The minimum Gasteiger partial charge on any atom is -0.444 e. The maximum Gasteiger partial charge on any atom is 0.410 e. The predicted octanol–water partition coefficient (Wildman–Crippen LogP) is 6.07. The van der Waals surface area contributed by atoms with Gasteiger partial charge in [-0.2, -0.15) is 10.5 Å². The Bertz CT molecular complexity index is 1210. The first kappa shape index (κ1) is 29.1. The molecular weight excluding hydrogens is 496 g/mol. The smallest absolute Gasteiger partial charge is 0.410 e. The molecule has 1 unspecified atom stereocenters. The van der Waals surface area contributed by atoms with Crippen LogP contribution in [0.1, 0.15) is 64.5 Å². The molecule has 0 saturated carbocycles. The van der Waals surface area contributed by atoms with Crippen LogP contribution in [0.4, 0.5) is 4.79 Å². The fraction of sp³-hybridized carbons (Fsp3) is 0.467. The van der Waals surface area contributed by atoms with Crippen LogP contribution in [-0.2, 0) is 16.0 Å². The number of hydrogen-bond donors (Lipinski definition) is 1. The first-order chi connectivity index (χ1) is 18.1. The largest absolute Gasteiger partial charge is 0.444 e. The van der Waals surface area contributed by atoms with Crippen LogP contribution >= 0.6 is 11.8 Å². The molecule has 2 amide bonds. The van der Waals surface area contributed by atoms with Crippen LogP contribution in [0.3, 0.4) is 0 Å². The number of thioether (sulfide) groups is 1. The summed E-state index contributed by atoms with van der Waals surface area (Å²) < 4.78 is 5.49. The lowest BCUT2D eigenvalue weighted by atomic mass is 9.99. The Labute approximate surface area is 230 Å². The third-order valence-corrected chi connectivity index (χ3v) is 7.47.